The minimum absolute atomic E-state index is 0.0952. The van der Waals surface area contributed by atoms with Crippen LogP contribution < -0.4 is 10.6 Å². The second-order valence-electron chi connectivity index (χ2n) is 11.6. The molecule has 0 radical (unpaired) electrons. The fraction of sp³-hybridized carbons (Fsp3) is 0.632. The molecule has 0 spiro atoms. The molecule has 2 amide bonds. The van der Waals surface area contributed by atoms with Crippen molar-refractivity contribution in [2.24, 2.45) is 0 Å². The summed E-state index contributed by atoms with van der Waals surface area (Å²) >= 11 is 0. The number of carbonyl (C=O) groups excluding carboxylic acids is 3. The van der Waals surface area contributed by atoms with Gasteiger partial charge in [0.2, 0.25) is 11.8 Å². The number of aliphatic hydroxyl groups is 1. The van der Waals surface area contributed by atoms with Crippen molar-refractivity contribution in [1.82, 2.24) is 10.6 Å². The van der Waals surface area contributed by atoms with Crippen molar-refractivity contribution in [2.45, 2.75) is 142 Å². The average Bonchev–Trinajstić information content (AvgIpc) is 3.05. The summed E-state index contributed by atoms with van der Waals surface area (Å²) < 4.78 is 5.84. The van der Waals surface area contributed by atoms with E-state index in [1.165, 1.54) is 19.3 Å². The SMILES string of the molecule is CC/C=C\C/C=C\C/C=C\C/C=C\C/C=C\CC(=O)OC(CCCCCCC)CCCCCCC(=O)NCC(=O)NC(CO)C(=O)O. The van der Waals surface area contributed by atoms with Crippen molar-refractivity contribution < 1.29 is 34.1 Å². The molecule has 266 valence electrons. The monoisotopic (exact) mass is 658 g/mol. The lowest BCUT2D eigenvalue weighted by molar-refractivity contribution is -0.148. The number of carboxylic acids is 1. The molecule has 2 atom stereocenters. The Hall–Kier alpha value is -3.46. The Morgan fingerprint density at radius 3 is 1.68 bits per heavy atom. The Bertz CT molecular complexity index is 985. The van der Waals surface area contributed by atoms with Crippen LogP contribution >= 0.6 is 0 Å². The molecule has 0 rings (SSSR count). The van der Waals surface area contributed by atoms with Gasteiger partial charge in [0.1, 0.15) is 12.1 Å². The Balaban J connectivity index is 4.30. The normalized spacial score (nSPS) is 13.3. The van der Waals surface area contributed by atoms with Crippen molar-refractivity contribution in [3.63, 3.8) is 0 Å². The molecular formula is C38H62N2O7. The van der Waals surface area contributed by atoms with Gasteiger partial charge in [-0.2, -0.15) is 0 Å². The van der Waals surface area contributed by atoms with Gasteiger partial charge in [-0.1, -0.05) is 113 Å². The predicted octanol–water partition coefficient (Wildman–Crippen LogP) is 7.42. The molecule has 4 N–H and O–H groups in total. The summed E-state index contributed by atoms with van der Waals surface area (Å²) in [6, 6.07) is -1.39. The first-order valence-electron chi connectivity index (χ1n) is 17.7. The molecule has 0 saturated heterocycles. The maximum absolute atomic E-state index is 12.5. The van der Waals surface area contributed by atoms with Crippen LogP contribution in [0.25, 0.3) is 0 Å². The summed E-state index contributed by atoms with van der Waals surface area (Å²) in [5, 5.41) is 22.4. The molecule has 2 unspecified atom stereocenters. The van der Waals surface area contributed by atoms with E-state index in [0.717, 1.165) is 77.0 Å². The summed E-state index contributed by atoms with van der Waals surface area (Å²) in [7, 11) is 0. The number of carbonyl (C=O) groups is 4. The van der Waals surface area contributed by atoms with Crippen molar-refractivity contribution in [3.05, 3.63) is 60.8 Å². The molecule has 0 fully saturated rings. The lowest BCUT2D eigenvalue weighted by Crippen LogP contribution is -2.47. The van der Waals surface area contributed by atoms with Crippen molar-refractivity contribution in [3.8, 4) is 0 Å². The predicted molar refractivity (Wildman–Crippen MR) is 190 cm³/mol. The molecule has 9 nitrogen and oxygen atoms in total. The number of amides is 2. The number of hydrogen-bond acceptors (Lipinski definition) is 6. The third-order valence-corrected chi connectivity index (χ3v) is 7.31. The first-order valence-corrected chi connectivity index (χ1v) is 17.7. The number of carboxylic acid groups (broad SMARTS) is 1. The number of unbranched alkanes of at least 4 members (excludes halogenated alkanes) is 7. The highest BCUT2D eigenvalue weighted by Crippen LogP contribution is 2.17. The van der Waals surface area contributed by atoms with Gasteiger partial charge in [0.25, 0.3) is 0 Å². The van der Waals surface area contributed by atoms with Crippen molar-refractivity contribution in [2.75, 3.05) is 13.2 Å². The zero-order valence-corrected chi connectivity index (χ0v) is 29.0. The maximum atomic E-state index is 12.5. The van der Waals surface area contributed by atoms with E-state index in [0.29, 0.717) is 6.42 Å². The van der Waals surface area contributed by atoms with E-state index in [1.54, 1.807) is 0 Å². The second kappa shape index (κ2) is 32.5. The second-order valence-corrected chi connectivity index (χ2v) is 11.6. The van der Waals surface area contributed by atoms with E-state index in [4.69, 9.17) is 14.9 Å². The van der Waals surface area contributed by atoms with Gasteiger partial charge < -0.3 is 25.6 Å². The summed E-state index contributed by atoms with van der Waals surface area (Å²) in [5.74, 6) is -2.49. The number of nitrogens with one attached hydrogen (secondary N) is 2. The molecule has 0 aromatic rings. The van der Waals surface area contributed by atoms with Crippen LogP contribution in [0.5, 0.6) is 0 Å². The summed E-state index contributed by atoms with van der Waals surface area (Å²) in [6.07, 6.45) is 37.1. The first kappa shape index (κ1) is 43.5. The minimum atomic E-state index is -1.39. The van der Waals surface area contributed by atoms with Gasteiger partial charge in [-0.3, -0.25) is 14.4 Å². The summed E-state index contributed by atoms with van der Waals surface area (Å²) in [5.41, 5.74) is 0. The molecule has 0 saturated carbocycles. The molecule has 0 aromatic heterocycles. The van der Waals surface area contributed by atoms with Crippen LogP contribution in [0.2, 0.25) is 0 Å². The smallest absolute Gasteiger partial charge is 0.328 e. The molecule has 0 aliphatic rings. The molecule has 0 aliphatic carbocycles. The number of rotatable bonds is 30. The molecular weight excluding hydrogens is 596 g/mol. The highest BCUT2D eigenvalue weighted by atomic mass is 16.5. The summed E-state index contributed by atoms with van der Waals surface area (Å²) in [6.45, 7) is 3.26. The zero-order chi connectivity index (χ0) is 34.8. The Kier molecular flexibility index (Phi) is 30.1. The number of ether oxygens (including phenoxy) is 1. The molecule has 0 aromatic carbocycles. The largest absolute Gasteiger partial charge is 0.480 e. The Labute approximate surface area is 283 Å². The average molecular weight is 659 g/mol. The number of allylic oxidation sites excluding steroid dienone is 9. The number of hydrogen-bond donors (Lipinski definition) is 4. The van der Waals surface area contributed by atoms with E-state index in [-0.39, 0.29) is 37.4 Å². The lowest BCUT2D eigenvalue weighted by atomic mass is 10.0. The van der Waals surface area contributed by atoms with E-state index in [1.807, 2.05) is 12.2 Å². The molecule has 9 heteroatoms. The van der Waals surface area contributed by atoms with Gasteiger partial charge in [-0.15, -0.1) is 0 Å². The van der Waals surface area contributed by atoms with Crippen LogP contribution in [0.15, 0.2) is 60.8 Å². The quantitative estimate of drug-likeness (QED) is 0.0357. The maximum Gasteiger partial charge on any atom is 0.328 e. The Morgan fingerprint density at radius 2 is 1.17 bits per heavy atom. The van der Waals surface area contributed by atoms with Gasteiger partial charge in [-0.05, 0) is 64.2 Å². The van der Waals surface area contributed by atoms with Crippen LogP contribution in [-0.2, 0) is 23.9 Å². The topological polar surface area (TPSA) is 142 Å². The molecule has 0 bridgehead atoms. The molecule has 0 aliphatic heterocycles. The van der Waals surface area contributed by atoms with Crippen molar-refractivity contribution >= 4 is 23.8 Å². The minimum Gasteiger partial charge on any atom is -0.480 e. The van der Waals surface area contributed by atoms with Gasteiger partial charge in [0.05, 0.1) is 19.6 Å². The van der Waals surface area contributed by atoms with Gasteiger partial charge >= 0.3 is 11.9 Å². The highest BCUT2D eigenvalue weighted by Gasteiger charge is 2.18. The van der Waals surface area contributed by atoms with Crippen LogP contribution in [0.4, 0.5) is 0 Å². The van der Waals surface area contributed by atoms with Crippen LogP contribution in [0.1, 0.15) is 129 Å². The van der Waals surface area contributed by atoms with Gasteiger partial charge in [-0.25, -0.2) is 4.79 Å². The third kappa shape index (κ3) is 29.7. The Morgan fingerprint density at radius 1 is 0.660 bits per heavy atom. The molecule has 0 heterocycles. The third-order valence-electron chi connectivity index (χ3n) is 7.31. The number of esters is 1. The van der Waals surface area contributed by atoms with Crippen LogP contribution in [0, 0.1) is 0 Å². The van der Waals surface area contributed by atoms with Crippen molar-refractivity contribution in [1.29, 1.82) is 0 Å². The number of aliphatic carboxylic acids is 1. The van der Waals surface area contributed by atoms with E-state index in [2.05, 4.69) is 73.1 Å². The fourth-order valence-electron chi connectivity index (χ4n) is 4.61. The highest BCUT2D eigenvalue weighted by molar-refractivity contribution is 5.87. The standard InChI is InChI=1S/C38H62N2O7/c1-3-5-7-9-10-11-12-13-14-15-16-17-18-20-26-30-37(44)47-33(27-23-19-8-6-4-2)28-24-21-22-25-29-35(42)39-31-36(43)40-34(32-41)38(45)46/h5,7,10-11,13-14,16-17,20,26,33-34,41H,3-4,6,8-9,12,15,18-19,21-25,27-32H2,1-2H3,(H,39,42)(H,40,43)(H,45,46)/b7-5-,11-10-,14-13-,17-16-,26-20-. The number of aliphatic hydroxyl groups excluding tert-OH is 1. The zero-order valence-electron chi connectivity index (χ0n) is 29.0. The summed E-state index contributed by atoms with van der Waals surface area (Å²) in [4.78, 5) is 47.1. The first-order chi connectivity index (χ1) is 22.8. The fourth-order valence-corrected chi connectivity index (χ4v) is 4.61. The van der Waals surface area contributed by atoms with Crippen LogP contribution in [0.3, 0.4) is 0 Å². The lowest BCUT2D eigenvalue weighted by Gasteiger charge is -2.18. The van der Waals surface area contributed by atoms with Gasteiger partial charge in [0.15, 0.2) is 0 Å². The van der Waals surface area contributed by atoms with E-state index in [9.17, 15) is 19.2 Å². The van der Waals surface area contributed by atoms with Crippen LogP contribution in [-0.4, -0.2) is 59.3 Å². The van der Waals surface area contributed by atoms with Gasteiger partial charge in [0, 0.05) is 6.42 Å². The molecule has 47 heavy (non-hydrogen) atoms. The van der Waals surface area contributed by atoms with E-state index < -0.39 is 24.5 Å². The van der Waals surface area contributed by atoms with E-state index >= 15 is 0 Å².